The first-order valence-electron chi connectivity index (χ1n) is 6.85. The number of hydrogen-bond acceptors (Lipinski definition) is 4. The number of nitro benzene ring substituents is 1. The predicted molar refractivity (Wildman–Crippen MR) is 73.6 cm³/mol. The van der Waals surface area contributed by atoms with Gasteiger partial charge in [-0.2, -0.15) is 0 Å². The van der Waals surface area contributed by atoms with Gasteiger partial charge in [-0.15, -0.1) is 0 Å². The van der Waals surface area contributed by atoms with Crippen molar-refractivity contribution in [3.8, 4) is 5.75 Å². The zero-order valence-electron chi connectivity index (χ0n) is 11.2. The fourth-order valence-corrected chi connectivity index (χ4v) is 2.35. The van der Waals surface area contributed by atoms with Crippen molar-refractivity contribution in [2.45, 2.75) is 38.7 Å². The maximum Gasteiger partial charge on any atom is 0.269 e. The predicted octanol–water partition coefficient (Wildman–Crippen LogP) is 2.68. The van der Waals surface area contributed by atoms with Crippen LogP contribution in [0.4, 0.5) is 5.69 Å². The molecule has 0 bridgehead atoms. The van der Waals surface area contributed by atoms with E-state index < -0.39 is 0 Å². The third kappa shape index (κ3) is 3.67. The molecule has 0 radical (unpaired) electrons. The van der Waals surface area contributed by atoms with Crippen molar-refractivity contribution in [3.63, 3.8) is 0 Å². The van der Waals surface area contributed by atoms with E-state index in [0.717, 1.165) is 50.1 Å². The number of benzene rings is 1. The van der Waals surface area contributed by atoms with Gasteiger partial charge in [-0.05, 0) is 38.4 Å². The van der Waals surface area contributed by atoms with Crippen molar-refractivity contribution in [1.82, 2.24) is 5.32 Å². The normalized spacial score (nSPS) is 16.3. The van der Waals surface area contributed by atoms with E-state index in [1.807, 2.05) is 0 Å². The molecule has 5 heteroatoms. The van der Waals surface area contributed by atoms with E-state index in [9.17, 15) is 10.1 Å². The van der Waals surface area contributed by atoms with E-state index in [0.29, 0.717) is 0 Å². The summed E-state index contributed by atoms with van der Waals surface area (Å²) in [6, 6.07) is 4.90. The lowest BCUT2D eigenvalue weighted by molar-refractivity contribution is -0.384. The molecule has 1 heterocycles. The molecule has 0 atom stereocenters. The van der Waals surface area contributed by atoms with Crippen LogP contribution in [0.2, 0.25) is 0 Å². The molecule has 104 valence electrons. The minimum atomic E-state index is -0.354. The summed E-state index contributed by atoms with van der Waals surface area (Å²) >= 11 is 0. The molecule has 1 aromatic carbocycles. The molecule has 19 heavy (non-hydrogen) atoms. The van der Waals surface area contributed by atoms with E-state index in [1.165, 1.54) is 6.07 Å². The average molecular weight is 264 g/mol. The van der Waals surface area contributed by atoms with Crippen LogP contribution in [0.1, 0.15) is 31.7 Å². The fourth-order valence-electron chi connectivity index (χ4n) is 2.35. The molecule has 1 N–H and O–H groups in total. The summed E-state index contributed by atoms with van der Waals surface area (Å²) in [4.78, 5) is 10.5. The molecular weight excluding hydrogens is 244 g/mol. The number of rotatable bonds is 5. The molecule has 0 aromatic heterocycles. The lowest BCUT2D eigenvalue weighted by Crippen LogP contribution is -2.34. The van der Waals surface area contributed by atoms with Crippen molar-refractivity contribution in [3.05, 3.63) is 33.9 Å². The Bertz CT molecular complexity index is 442. The van der Waals surface area contributed by atoms with Gasteiger partial charge in [-0.3, -0.25) is 10.1 Å². The highest BCUT2D eigenvalue weighted by atomic mass is 16.6. The zero-order chi connectivity index (χ0) is 13.7. The molecule has 1 fully saturated rings. The Balaban J connectivity index is 2.15. The Morgan fingerprint density at radius 2 is 2.16 bits per heavy atom. The van der Waals surface area contributed by atoms with Gasteiger partial charge in [0.25, 0.3) is 5.69 Å². The van der Waals surface area contributed by atoms with Crippen LogP contribution >= 0.6 is 0 Å². The number of nitro groups is 1. The van der Waals surface area contributed by atoms with Gasteiger partial charge in [-0.25, -0.2) is 0 Å². The average Bonchev–Trinajstić information content (AvgIpc) is 2.42. The molecule has 5 nitrogen and oxygen atoms in total. The SMILES string of the molecule is CCCc1cc([N+](=O)[O-])ccc1OC1CCNCC1. The van der Waals surface area contributed by atoms with E-state index in [-0.39, 0.29) is 16.7 Å². The summed E-state index contributed by atoms with van der Waals surface area (Å²) in [5, 5.41) is 14.1. The lowest BCUT2D eigenvalue weighted by atomic mass is 10.1. The van der Waals surface area contributed by atoms with Gasteiger partial charge >= 0.3 is 0 Å². The first-order valence-corrected chi connectivity index (χ1v) is 6.85. The first-order chi connectivity index (χ1) is 9.20. The van der Waals surface area contributed by atoms with E-state index in [4.69, 9.17) is 4.74 Å². The van der Waals surface area contributed by atoms with Crippen molar-refractivity contribution in [2.75, 3.05) is 13.1 Å². The zero-order valence-corrected chi connectivity index (χ0v) is 11.2. The number of nitrogens with one attached hydrogen (secondary N) is 1. The molecule has 0 unspecified atom stereocenters. The summed E-state index contributed by atoms with van der Waals surface area (Å²) in [5.41, 5.74) is 1.08. The number of hydrogen-bond donors (Lipinski definition) is 1. The van der Waals surface area contributed by atoms with Gasteiger partial charge in [0.2, 0.25) is 0 Å². The highest BCUT2D eigenvalue weighted by Gasteiger charge is 2.17. The number of aryl methyl sites for hydroxylation is 1. The largest absolute Gasteiger partial charge is 0.490 e. The van der Waals surface area contributed by atoms with Crippen molar-refractivity contribution >= 4 is 5.69 Å². The third-order valence-electron chi connectivity index (χ3n) is 3.35. The highest BCUT2D eigenvalue weighted by Crippen LogP contribution is 2.27. The van der Waals surface area contributed by atoms with Crippen LogP contribution in [-0.2, 0) is 6.42 Å². The Kier molecular flexibility index (Phi) is 4.74. The number of ether oxygens (including phenoxy) is 1. The topological polar surface area (TPSA) is 64.4 Å². The number of non-ortho nitro benzene ring substituents is 1. The summed E-state index contributed by atoms with van der Waals surface area (Å²) < 4.78 is 6.01. The van der Waals surface area contributed by atoms with Crippen LogP contribution in [-0.4, -0.2) is 24.1 Å². The molecule has 1 aliphatic rings. The molecule has 0 aliphatic carbocycles. The maximum atomic E-state index is 10.8. The van der Waals surface area contributed by atoms with Gasteiger partial charge in [0.15, 0.2) is 0 Å². The van der Waals surface area contributed by atoms with Crippen LogP contribution < -0.4 is 10.1 Å². The Morgan fingerprint density at radius 1 is 1.42 bits per heavy atom. The molecule has 0 spiro atoms. The van der Waals surface area contributed by atoms with E-state index >= 15 is 0 Å². The monoisotopic (exact) mass is 264 g/mol. The quantitative estimate of drug-likeness (QED) is 0.656. The van der Waals surface area contributed by atoms with Crippen LogP contribution in [0.15, 0.2) is 18.2 Å². The Hall–Kier alpha value is -1.62. The highest BCUT2D eigenvalue weighted by molar-refractivity contribution is 5.44. The molecule has 0 saturated carbocycles. The van der Waals surface area contributed by atoms with Crippen molar-refractivity contribution in [2.24, 2.45) is 0 Å². The van der Waals surface area contributed by atoms with Gasteiger partial charge in [0.05, 0.1) is 4.92 Å². The molecule has 1 saturated heterocycles. The van der Waals surface area contributed by atoms with Crippen LogP contribution in [0.3, 0.4) is 0 Å². The minimum absolute atomic E-state index is 0.140. The van der Waals surface area contributed by atoms with Gasteiger partial charge < -0.3 is 10.1 Å². The third-order valence-corrected chi connectivity index (χ3v) is 3.35. The van der Waals surface area contributed by atoms with E-state index in [2.05, 4.69) is 12.2 Å². The standard InChI is InChI=1S/C14H20N2O3/c1-2-3-11-10-12(16(17)18)4-5-14(11)19-13-6-8-15-9-7-13/h4-5,10,13,15H,2-3,6-9H2,1H3. The van der Waals surface area contributed by atoms with Crippen LogP contribution in [0.25, 0.3) is 0 Å². The van der Waals surface area contributed by atoms with Crippen LogP contribution in [0, 0.1) is 10.1 Å². The summed E-state index contributed by atoms with van der Waals surface area (Å²) in [7, 11) is 0. The molecular formula is C14H20N2O3. The van der Waals surface area contributed by atoms with Crippen molar-refractivity contribution < 1.29 is 9.66 Å². The first kappa shape index (κ1) is 13.8. The number of piperidine rings is 1. The second kappa shape index (κ2) is 6.52. The Morgan fingerprint density at radius 3 is 2.79 bits per heavy atom. The van der Waals surface area contributed by atoms with E-state index in [1.54, 1.807) is 12.1 Å². The van der Waals surface area contributed by atoms with Gasteiger partial charge in [-0.1, -0.05) is 13.3 Å². The summed E-state index contributed by atoms with van der Waals surface area (Å²) in [5.74, 6) is 0.805. The second-order valence-corrected chi connectivity index (χ2v) is 4.87. The smallest absolute Gasteiger partial charge is 0.269 e. The summed E-state index contributed by atoms with van der Waals surface area (Å²) in [6.07, 6.45) is 3.95. The number of nitrogens with zero attached hydrogens (tertiary/aromatic N) is 1. The fraction of sp³-hybridized carbons (Fsp3) is 0.571. The second-order valence-electron chi connectivity index (χ2n) is 4.87. The maximum absolute atomic E-state index is 10.8. The molecule has 1 aliphatic heterocycles. The molecule has 1 aromatic rings. The lowest BCUT2D eigenvalue weighted by Gasteiger charge is -2.25. The molecule has 2 rings (SSSR count). The van der Waals surface area contributed by atoms with Crippen molar-refractivity contribution in [1.29, 1.82) is 0 Å². The van der Waals surface area contributed by atoms with Gasteiger partial charge in [0.1, 0.15) is 11.9 Å². The van der Waals surface area contributed by atoms with Gasteiger partial charge in [0, 0.05) is 17.7 Å². The minimum Gasteiger partial charge on any atom is -0.490 e. The molecule has 0 amide bonds. The van der Waals surface area contributed by atoms with Crippen LogP contribution in [0.5, 0.6) is 5.75 Å². The Labute approximate surface area is 113 Å². The summed E-state index contributed by atoms with van der Waals surface area (Å²) in [6.45, 7) is 4.01.